The Hall–Kier alpha value is -1.91. The van der Waals surface area contributed by atoms with E-state index in [1.165, 1.54) is 11.8 Å². The zero-order valence-electron chi connectivity index (χ0n) is 10.5. The second kappa shape index (κ2) is 5.61. The van der Waals surface area contributed by atoms with Crippen LogP contribution < -0.4 is 4.90 Å². The van der Waals surface area contributed by atoms with Crippen LogP contribution in [0.5, 0.6) is 0 Å². The average molecular weight is 297 g/mol. The molecule has 0 saturated carbocycles. The van der Waals surface area contributed by atoms with Crippen LogP contribution in [-0.4, -0.2) is 10.2 Å². The number of carbonyl (C=O) groups excluding carboxylic acids is 1. The lowest BCUT2D eigenvalue weighted by atomic mass is 10.2. The summed E-state index contributed by atoms with van der Waals surface area (Å²) in [4.78, 5) is 14.7. The molecule has 98 valence electrons. The molecule has 1 aliphatic rings. The van der Waals surface area contributed by atoms with Crippen molar-refractivity contribution in [3.05, 3.63) is 71.1 Å². The van der Waals surface area contributed by atoms with Crippen molar-refractivity contribution in [3.63, 3.8) is 0 Å². The van der Waals surface area contributed by atoms with E-state index >= 15 is 0 Å². The van der Waals surface area contributed by atoms with Crippen LogP contribution in [0.3, 0.4) is 0 Å². The summed E-state index contributed by atoms with van der Waals surface area (Å²) >= 11 is 6.66. The van der Waals surface area contributed by atoms with Crippen LogP contribution >= 0.6 is 24.0 Å². The number of hydrogen-bond donors (Lipinski definition) is 0. The molecule has 2 nitrogen and oxygen atoms in total. The summed E-state index contributed by atoms with van der Waals surface area (Å²) in [5, 5.41) is 0. The first kappa shape index (κ1) is 13.1. The molecule has 1 aliphatic heterocycles. The van der Waals surface area contributed by atoms with Gasteiger partial charge in [-0.2, -0.15) is 0 Å². The average Bonchev–Trinajstić information content (AvgIpc) is 2.75. The second-order valence-corrected chi connectivity index (χ2v) is 5.94. The molecule has 20 heavy (non-hydrogen) atoms. The zero-order chi connectivity index (χ0) is 13.9. The van der Waals surface area contributed by atoms with E-state index in [1.54, 1.807) is 4.90 Å². The summed E-state index contributed by atoms with van der Waals surface area (Å²) in [7, 11) is 0. The minimum Gasteiger partial charge on any atom is -0.268 e. The van der Waals surface area contributed by atoms with Gasteiger partial charge in [-0.15, -0.1) is 0 Å². The van der Waals surface area contributed by atoms with Crippen molar-refractivity contribution in [2.75, 3.05) is 4.90 Å². The molecule has 0 radical (unpaired) electrons. The number of amides is 1. The van der Waals surface area contributed by atoms with Gasteiger partial charge in [0.1, 0.15) is 0 Å². The van der Waals surface area contributed by atoms with E-state index in [2.05, 4.69) is 0 Å². The molecule has 0 bridgehead atoms. The van der Waals surface area contributed by atoms with Crippen LogP contribution in [0.15, 0.2) is 65.6 Å². The van der Waals surface area contributed by atoms with Crippen molar-refractivity contribution >= 4 is 46.0 Å². The largest absolute Gasteiger partial charge is 0.270 e. The zero-order valence-corrected chi connectivity index (χ0v) is 12.2. The molecule has 3 rings (SSSR count). The molecule has 2 aromatic carbocycles. The molecule has 0 N–H and O–H groups in total. The lowest BCUT2D eigenvalue weighted by Gasteiger charge is -2.13. The van der Waals surface area contributed by atoms with Gasteiger partial charge < -0.3 is 0 Å². The third kappa shape index (κ3) is 2.53. The summed E-state index contributed by atoms with van der Waals surface area (Å²) in [5.74, 6) is -0.0601. The van der Waals surface area contributed by atoms with Gasteiger partial charge in [-0.1, -0.05) is 72.5 Å². The van der Waals surface area contributed by atoms with Crippen molar-refractivity contribution < 1.29 is 4.79 Å². The number of nitrogens with zero attached hydrogens (tertiary/aromatic N) is 1. The number of hydrogen-bond acceptors (Lipinski definition) is 3. The highest BCUT2D eigenvalue weighted by Crippen LogP contribution is 2.35. The first-order valence-corrected chi connectivity index (χ1v) is 7.36. The van der Waals surface area contributed by atoms with Gasteiger partial charge in [0.05, 0.1) is 10.6 Å². The Morgan fingerprint density at radius 3 is 2.20 bits per heavy atom. The summed E-state index contributed by atoms with van der Waals surface area (Å²) in [6, 6.07) is 19.3. The van der Waals surface area contributed by atoms with E-state index in [0.717, 1.165) is 11.3 Å². The van der Waals surface area contributed by atoms with Gasteiger partial charge in [-0.25, -0.2) is 0 Å². The Kier molecular flexibility index (Phi) is 3.67. The molecule has 1 amide bonds. The quantitative estimate of drug-likeness (QED) is 0.615. The molecule has 0 aliphatic carbocycles. The maximum absolute atomic E-state index is 12.5. The van der Waals surface area contributed by atoms with E-state index in [4.69, 9.17) is 12.2 Å². The van der Waals surface area contributed by atoms with Gasteiger partial charge in [0, 0.05) is 0 Å². The van der Waals surface area contributed by atoms with Crippen LogP contribution in [-0.2, 0) is 4.79 Å². The molecule has 1 heterocycles. The highest BCUT2D eigenvalue weighted by molar-refractivity contribution is 8.27. The normalized spacial score (nSPS) is 17.0. The van der Waals surface area contributed by atoms with Gasteiger partial charge in [0.25, 0.3) is 5.91 Å². The van der Waals surface area contributed by atoms with Gasteiger partial charge >= 0.3 is 0 Å². The molecule has 1 fully saturated rings. The predicted molar refractivity (Wildman–Crippen MR) is 88.5 cm³/mol. The van der Waals surface area contributed by atoms with E-state index in [1.807, 2.05) is 66.7 Å². The number of thiocarbonyl (C=S) groups is 1. The second-order valence-electron chi connectivity index (χ2n) is 4.26. The molecule has 0 aromatic heterocycles. The van der Waals surface area contributed by atoms with Crippen molar-refractivity contribution in [2.45, 2.75) is 0 Å². The molecular weight excluding hydrogens is 286 g/mol. The monoisotopic (exact) mass is 297 g/mol. The van der Waals surface area contributed by atoms with E-state index in [-0.39, 0.29) is 5.91 Å². The predicted octanol–water partition coefficient (Wildman–Crippen LogP) is 4.09. The van der Waals surface area contributed by atoms with Crippen LogP contribution in [0.25, 0.3) is 6.08 Å². The smallest absolute Gasteiger partial charge is 0.268 e. The Bertz CT molecular complexity index is 680. The van der Waals surface area contributed by atoms with Crippen molar-refractivity contribution in [2.24, 2.45) is 0 Å². The SMILES string of the molecule is O=C1/C(=C\c2ccccc2)SC(=S)N1c1ccccc1. The lowest BCUT2D eigenvalue weighted by Crippen LogP contribution is -2.27. The van der Waals surface area contributed by atoms with E-state index < -0.39 is 0 Å². The van der Waals surface area contributed by atoms with Crippen molar-refractivity contribution in [1.29, 1.82) is 0 Å². The molecule has 0 atom stereocenters. The molecular formula is C16H11NOS2. The highest BCUT2D eigenvalue weighted by atomic mass is 32.2. The summed E-state index contributed by atoms with van der Waals surface area (Å²) in [5.41, 5.74) is 1.81. The van der Waals surface area contributed by atoms with E-state index in [0.29, 0.717) is 9.23 Å². The summed E-state index contributed by atoms with van der Waals surface area (Å²) in [6.07, 6.45) is 1.88. The first-order valence-electron chi connectivity index (χ1n) is 6.14. The standard InChI is InChI=1S/C16H11NOS2/c18-15-14(11-12-7-3-1-4-8-12)20-16(19)17(15)13-9-5-2-6-10-13/h1-11H/b14-11+. The maximum atomic E-state index is 12.5. The fourth-order valence-corrected chi connectivity index (χ4v) is 3.27. The Labute approximate surface area is 127 Å². The number of rotatable bonds is 2. The molecule has 2 aromatic rings. The van der Waals surface area contributed by atoms with Gasteiger partial charge in [-0.3, -0.25) is 9.69 Å². The maximum Gasteiger partial charge on any atom is 0.270 e. The fourth-order valence-electron chi connectivity index (χ4n) is 1.97. The van der Waals surface area contributed by atoms with Gasteiger partial charge in [-0.05, 0) is 23.8 Å². The number of thioether (sulfide) groups is 1. The Morgan fingerprint density at radius 1 is 0.950 bits per heavy atom. The third-order valence-electron chi connectivity index (χ3n) is 2.91. The van der Waals surface area contributed by atoms with Crippen molar-refractivity contribution in [3.8, 4) is 0 Å². The summed E-state index contributed by atoms with van der Waals surface area (Å²) in [6.45, 7) is 0. The summed E-state index contributed by atoms with van der Waals surface area (Å²) < 4.78 is 0.573. The Morgan fingerprint density at radius 2 is 1.55 bits per heavy atom. The number of anilines is 1. The van der Waals surface area contributed by atoms with Gasteiger partial charge in [0.15, 0.2) is 4.32 Å². The number of benzene rings is 2. The third-order valence-corrected chi connectivity index (χ3v) is 4.21. The first-order chi connectivity index (χ1) is 9.75. The van der Waals surface area contributed by atoms with Crippen LogP contribution in [0.4, 0.5) is 5.69 Å². The molecule has 4 heteroatoms. The Balaban J connectivity index is 1.93. The van der Waals surface area contributed by atoms with Crippen molar-refractivity contribution in [1.82, 2.24) is 0 Å². The van der Waals surface area contributed by atoms with Gasteiger partial charge in [0.2, 0.25) is 0 Å². The van der Waals surface area contributed by atoms with E-state index in [9.17, 15) is 4.79 Å². The number of carbonyl (C=O) groups is 1. The number of para-hydroxylation sites is 1. The fraction of sp³-hybridized carbons (Fsp3) is 0. The minimum atomic E-state index is -0.0601. The molecule has 0 spiro atoms. The molecule has 0 unspecified atom stereocenters. The van der Waals surface area contributed by atoms with Crippen LogP contribution in [0, 0.1) is 0 Å². The topological polar surface area (TPSA) is 20.3 Å². The molecule has 1 saturated heterocycles. The van der Waals surface area contributed by atoms with Crippen LogP contribution in [0.2, 0.25) is 0 Å². The highest BCUT2D eigenvalue weighted by Gasteiger charge is 2.32. The lowest BCUT2D eigenvalue weighted by molar-refractivity contribution is -0.113. The van der Waals surface area contributed by atoms with Crippen LogP contribution in [0.1, 0.15) is 5.56 Å². The minimum absolute atomic E-state index is 0.0601.